The quantitative estimate of drug-likeness (QED) is 0.186. The van der Waals surface area contributed by atoms with Crippen LogP contribution in [0.5, 0.6) is 11.5 Å². The highest BCUT2D eigenvalue weighted by Crippen LogP contribution is 2.44. The number of nitrogens with zero attached hydrogens (tertiary/aromatic N) is 6. The van der Waals surface area contributed by atoms with Crippen molar-refractivity contribution in [2.75, 3.05) is 23.5 Å². The van der Waals surface area contributed by atoms with Gasteiger partial charge in [0.1, 0.15) is 23.1 Å². The van der Waals surface area contributed by atoms with E-state index in [0.717, 1.165) is 59.2 Å². The number of imidazole rings is 1. The van der Waals surface area contributed by atoms with E-state index in [1.165, 1.54) is 57.5 Å². The van der Waals surface area contributed by atoms with Crippen molar-refractivity contribution in [2.45, 2.75) is 78.2 Å². The Morgan fingerprint density at radius 2 is 1.49 bits per heavy atom. The van der Waals surface area contributed by atoms with Gasteiger partial charge in [0.2, 0.25) is 0 Å². The number of benzene rings is 4. The molecule has 0 spiro atoms. The lowest BCUT2D eigenvalue weighted by atomic mass is 9.86. The van der Waals surface area contributed by atoms with E-state index in [0.29, 0.717) is 0 Å². The minimum absolute atomic E-state index is 0.00386. The minimum atomic E-state index is 0.00386. The Hall–Kier alpha value is -5.30. The number of rotatable bonds is 4. The third kappa shape index (κ3) is 5.33. The number of hydrogen-bond acceptors (Lipinski definition) is 5. The third-order valence-electron chi connectivity index (χ3n) is 10.8. The number of fused-ring (bicyclic) bond motifs is 7. The Balaban J connectivity index is 1.11. The van der Waals surface area contributed by atoms with E-state index in [1.807, 2.05) is 12.3 Å². The molecule has 5 heterocycles. The zero-order chi connectivity index (χ0) is 35.2. The van der Waals surface area contributed by atoms with Crippen molar-refractivity contribution in [1.82, 2.24) is 19.1 Å². The summed E-state index contributed by atoms with van der Waals surface area (Å²) in [5.74, 6) is 3.71. The van der Waals surface area contributed by atoms with Crippen molar-refractivity contribution in [3.05, 3.63) is 108 Å². The molecule has 3 aromatic heterocycles. The van der Waals surface area contributed by atoms with Crippen LogP contribution in [-0.2, 0) is 23.8 Å². The standard InChI is InChI=1S/C44H46N6O/c1-43(2,3)28-14-17-36-34(21-28)33-16-15-32(24-37(33)50(36)42-22-29(18-19-45-42)44(4,5)6)51-31-12-10-11-30(23-31)49-27-47(7)39-26-38-35(25-40(39)49)46-41-13-8-9-20-48(38)41/h10-12,14-19,21-26H,8-9,13,20,27H2,1-7H3. The zero-order valence-corrected chi connectivity index (χ0v) is 30.8. The van der Waals surface area contributed by atoms with Crippen molar-refractivity contribution in [1.29, 1.82) is 0 Å². The van der Waals surface area contributed by atoms with Crippen LogP contribution in [0.25, 0.3) is 38.7 Å². The van der Waals surface area contributed by atoms with E-state index < -0.39 is 0 Å². The lowest BCUT2D eigenvalue weighted by Gasteiger charge is -2.20. The van der Waals surface area contributed by atoms with Crippen LogP contribution in [0, 0.1) is 0 Å². The van der Waals surface area contributed by atoms with Crippen LogP contribution >= 0.6 is 0 Å². The maximum atomic E-state index is 6.68. The van der Waals surface area contributed by atoms with Gasteiger partial charge in [0, 0.05) is 54.8 Å². The summed E-state index contributed by atoms with van der Waals surface area (Å²) in [5.41, 5.74) is 10.7. The number of pyridine rings is 1. The summed E-state index contributed by atoms with van der Waals surface area (Å²) in [4.78, 5) is 14.6. The molecule has 2 aliphatic rings. The second-order valence-electron chi connectivity index (χ2n) is 16.5. The fourth-order valence-corrected chi connectivity index (χ4v) is 7.94. The molecule has 258 valence electrons. The average Bonchev–Trinajstić information content (AvgIpc) is 3.75. The summed E-state index contributed by atoms with van der Waals surface area (Å²) < 4.78 is 11.4. The SMILES string of the molecule is CN1CN(c2cccc(Oc3ccc4c5cc(C(C)(C)C)ccc5n(-c5cc(C(C)(C)C)ccn5)c4c3)c2)c2cc3nc4n(c3cc21)CCCC4. The molecule has 51 heavy (non-hydrogen) atoms. The highest BCUT2D eigenvalue weighted by atomic mass is 16.5. The largest absolute Gasteiger partial charge is 0.457 e. The van der Waals surface area contributed by atoms with Crippen molar-refractivity contribution in [3.63, 3.8) is 0 Å². The van der Waals surface area contributed by atoms with Crippen LogP contribution in [0.2, 0.25) is 0 Å². The van der Waals surface area contributed by atoms with E-state index in [9.17, 15) is 0 Å². The molecule has 0 unspecified atom stereocenters. The van der Waals surface area contributed by atoms with Crippen LogP contribution in [0.15, 0.2) is 91.1 Å². The molecule has 0 atom stereocenters. The van der Waals surface area contributed by atoms with Gasteiger partial charge in [-0.25, -0.2) is 9.97 Å². The second-order valence-corrected chi connectivity index (χ2v) is 16.5. The molecular weight excluding hydrogens is 629 g/mol. The van der Waals surface area contributed by atoms with Gasteiger partial charge in [0.15, 0.2) is 0 Å². The monoisotopic (exact) mass is 674 g/mol. The fraction of sp³-hybridized carbons (Fsp3) is 0.318. The van der Waals surface area contributed by atoms with E-state index in [1.54, 1.807) is 0 Å². The molecule has 0 fully saturated rings. The molecule has 0 aliphatic carbocycles. The van der Waals surface area contributed by atoms with Gasteiger partial charge in [-0.15, -0.1) is 0 Å². The highest BCUT2D eigenvalue weighted by Gasteiger charge is 2.28. The summed E-state index contributed by atoms with van der Waals surface area (Å²) in [7, 11) is 2.17. The molecule has 4 aromatic carbocycles. The second kappa shape index (κ2) is 11.4. The molecule has 7 nitrogen and oxygen atoms in total. The predicted octanol–water partition coefficient (Wildman–Crippen LogP) is 10.8. The summed E-state index contributed by atoms with van der Waals surface area (Å²) in [6, 6.07) is 30.7. The molecule has 0 amide bonds. The van der Waals surface area contributed by atoms with Gasteiger partial charge in [-0.2, -0.15) is 0 Å². The first-order valence-corrected chi connectivity index (χ1v) is 18.3. The van der Waals surface area contributed by atoms with Gasteiger partial charge in [0.05, 0.1) is 40.1 Å². The first-order chi connectivity index (χ1) is 24.4. The van der Waals surface area contributed by atoms with E-state index in [2.05, 4.69) is 146 Å². The molecular formula is C44H46N6O. The molecule has 0 N–H and O–H groups in total. The van der Waals surface area contributed by atoms with Crippen LogP contribution < -0.4 is 14.5 Å². The molecule has 7 heteroatoms. The molecule has 0 saturated heterocycles. The molecule has 2 aliphatic heterocycles. The number of hydrogen-bond donors (Lipinski definition) is 0. The van der Waals surface area contributed by atoms with Crippen LogP contribution in [-0.4, -0.2) is 32.8 Å². The Morgan fingerprint density at radius 3 is 2.31 bits per heavy atom. The van der Waals surface area contributed by atoms with Crippen LogP contribution in [0.4, 0.5) is 17.1 Å². The van der Waals surface area contributed by atoms with Crippen LogP contribution in [0.3, 0.4) is 0 Å². The average molecular weight is 675 g/mol. The van der Waals surface area contributed by atoms with Crippen molar-refractivity contribution >= 4 is 49.9 Å². The lowest BCUT2D eigenvalue weighted by molar-refractivity contribution is 0.483. The smallest absolute Gasteiger partial charge is 0.137 e. The highest BCUT2D eigenvalue weighted by molar-refractivity contribution is 6.10. The Morgan fingerprint density at radius 1 is 0.686 bits per heavy atom. The maximum Gasteiger partial charge on any atom is 0.137 e. The Labute approximate surface area is 300 Å². The van der Waals surface area contributed by atoms with Gasteiger partial charge in [-0.05, 0) is 95.5 Å². The van der Waals surface area contributed by atoms with Crippen LogP contribution in [0.1, 0.15) is 71.3 Å². The van der Waals surface area contributed by atoms with E-state index in [4.69, 9.17) is 14.7 Å². The molecule has 9 rings (SSSR count). The fourth-order valence-electron chi connectivity index (χ4n) is 7.94. The number of anilines is 3. The molecule has 0 saturated carbocycles. The van der Waals surface area contributed by atoms with E-state index in [-0.39, 0.29) is 10.8 Å². The topological polar surface area (TPSA) is 51.4 Å². The third-order valence-corrected chi connectivity index (χ3v) is 10.8. The lowest BCUT2D eigenvalue weighted by Crippen LogP contribution is -2.23. The van der Waals surface area contributed by atoms with E-state index >= 15 is 0 Å². The number of aromatic nitrogens is 4. The van der Waals surface area contributed by atoms with Crippen molar-refractivity contribution in [2.24, 2.45) is 0 Å². The Bertz CT molecular complexity index is 2490. The summed E-state index contributed by atoms with van der Waals surface area (Å²) in [5, 5.41) is 2.41. The first-order valence-electron chi connectivity index (χ1n) is 18.3. The van der Waals surface area contributed by atoms with Gasteiger partial charge in [0.25, 0.3) is 0 Å². The molecule has 0 bridgehead atoms. The zero-order valence-electron chi connectivity index (χ0n) is 30.8. The number of ether oxygens (including phenoxy) is 1. The summed E-state index contributed by atoms with van der Waals surface area (Å²) in [6.45, 7) is 15.4. The molecule has 0 radical (unpaired) electrons. The summed E-state index contributed by atoms with van der Waals surface area (Å²) in [6.07, 6.45) is 5.43. The maximum absolute atomic E-state index is 6.68. The minimum Gasteiger partial charge on any atom is -0.457 e. The van der Waals surface area contributed by atoms with Gasteiger partial charge in [-0.3, -0.25) is 4.57 Å². The summed E-state index contributed by atoms with van der Waals surface area (Å²) >= 11 is 0. The first kappa shape index (κ1) is 31.7. The van der Waals surface area contributed by atoms with Gasteiger partial charge < -0.3 is 19.1 Å². The van der Waals surface area contributed by atoms with Crippen molar-refractivity contribution < 1.29 is 4.74 Å². The predicted molar refractivity (Wildman–Crippen MR) is 211 cm³/mol. The van der Waals surface area contributed by atoms with Gasteiger partial charge in [-0.1, -0.05) is 53.7 Å². The molecule has 7 aromatic rings. The normalized spacial score (nSPS) is 14.9. The number of aryl methyl sites for hydroxylation is 2. The van der Waals surface area contributed by atoms with Gasteiger partial charge >= 0.3 is 0 Å². The Kier molecular flexibility index (Phi) is 7.05. The van der Waals surface area contributed by atoms with Crippen molar-refractivity contribution in [3.8, 4) is 17.3 Å².